The van der Waals surface area contributed by atoms with Crippen molar-refractivity contribution >= 4 is 23.3 Å². The van der Waals surface area contributed by atoms with Gasteiger partial charge >= 0.3 is 11.7 Å². The molecule has 2 aliphatic heterocycles. The first kappa shape index (κ1) is 19.2. The Morgan fingerprint density at radius 1 is 1.15 bits per heavy atom. The molecule has 2 fully saturated rings. The van der Waals surface area contributed by atoms with Crippen LogP contribution in [-0.4, -0.2) is 91.4 Å². The van der Waals surface area contributed by atoms with Gasteiger partial charge in [0.25, 0.3) is 0 Å². The number of hydrogen-bond acceptors (Lipinski definition) is 10. The SMILES string of the molecule is CCOC(=O)CN1CCN(c2ncnc(N3CCOCC3)c2[N+](=O)[O-])CC1. The molecule has 0 spiro atoms. The molecule has 148 valence electrons. The Morgan fingerprint density at radius 2 is 1.74 bits per heavy atom. The molecule has 3 rings (SSSR count). The number of esters is 1. The van der Waals surface area contributed by atoms with Crippen LogP contribution in [0.5, 0.6) is 0 Å². The lowest BCUT2D eigenvalue weighted by Gasteiger charge is -2.35. The van der Waals surface area contributed by atoms with Crippen LogP contribution in [0.1, 0.15) is 6.92 Å². The van der Waals surface area contributed by atoms with Crippen molar-refractivity contribution < 1.29 is 19.2 Å². The van der Waals surface area contributed by atoms with Crippen LogP contribution in [-0.2, 0) is 14.3 Å². The minimum absolute atomic E-state index is 0.0711. The van der Waals surface area contributed by atoms with Crippen molar-refractivity contribution in [1.29, 1.82) is 0 Å². The highest BCUT2D eigenvalue weighted by atomic mass is 16.6. The lowest BCUT2D eigenvalue weighted by atomic mass is 10.2. The van der Waals surface area contributed by atoms with Crippen LogP contribution in [0.3, 0.4) is 0 Å². The van der Waals surface area contributed by atoms with Gasteiger partial charge in [-0.15, -0.1) is 0 Å². The summed E-state index contributed by atoms with van der Waals surface area (Å²) in [6.07, 6.45) is 1.37. The fourth-order valence-corrected chi connectivity index (χ4v) is 3.27. The Balaban J connectivity index is 1.73. The Labute approximate surface area is 157 Å². The van der Waals surface area contributed by atoms with E-state index in [0.29, 0.717) is 70.7 Å². The van der Waals surface area contributed by atoms with E-state index in [4.69, 9.17) is 9.47 Å². The third-order valence-corrected chi connectivity index (χ3v) is 4.61. The number of aromatic nitrogens is 2. The fraction of sp³-hybridized carbons (Fsp3) is 0.688. The maximum atomic E-state index is 11.8. The normalized spacial score (nSPS) is 18.4. The number of hydrogen-bond donors (Lipinski definition) is 0. The predicted octanol–water partition coefficient (Wildman–Crippen LogP) is -0.0935. The Bertz CT molecular complexity index is 673. The summed E-state index contributed by atoms with van der Waals surface area (Å²) in [5.74, 6) is 0.406. The zero-order chi connectivity index (χ0) is 19.2. The number of rotatable bonds is 6. The summed E-state index contributed by atoms with van der Waals surface area (Å²) in [5.41, 5.74) is -0.0711. The average Bonchev–Trinajstić information content (AvgIpc) is 2.69. The highest BCUT2D eigenvalue weighted by molar-refractivity contribution is 5.72. The zero-order valence-corrected chi connectivity index (χ0v) is 15.4. The number of carbonyl (C=O) groups excluding carboxylic acids is 1. The van der Waals surface area contributed by atoms with Gasteiger partial charge in [0.2, 0.25) is 11.6 Å². The molecule has 0 atom stereocenters. The largest absolute Gasteiger partial charge is 0.465 e. The minimum atomic E-state index is -0.412. The standard InChI is InChI=1S/C16H24N6O5/c1-2-27-13(23)11-19-3-5-20(6-4-19)15-14(22(24)25)16(18-12-17-15)21-7-9-26-10-8-21/h12H,2-11H2,1H3. The van der Waals surface area contributed by atoms with Gasteiger partial charge in [0.15, 0.2) is 0 Å². The smallest absolute Gasteiger partial charge is 0.353 e. The van der Waals surface area contributed by atoms with Gasteiger partial charge in [-0.3, -0.25) is 19.8 Å². The molecule has 11 nitrogen and oxygen atoms in total. The second-order valence-electron chi connectivity index (χ2n) is 6.29. The average molecular weight is 380 g/mol. The Kier molecular flexibility index (Phi) is 6.35. The summed E-state index contributed by atoms with van der Waals surface area (Å²) in [6.45, 7) is 6.81. The van der Waals surface area contributed by atoms with Crippen LogP contribution in [0.25, 0.3) is 0 Å². The van der Waals surface area contributed by atoms with Crippen LogP contribution in [0.4, 0.5) is 17.3 Å². The van der Waals surface area contributed by atoms with Crippen molar-refractivity contribution in [2.75, 3.05) is 75.4 Å². The number of anilines is 2. The van der Waals surface area contributed by atoms with Gasteiger partial charge in [-0.2, -0.15) is 0 Å². The Morgan fingerprint density at radius 3 is 2.30 bits per heavy atom. The summed E-state index contributed by atoms with van der Waals surface area (Å²) < 4.78 is 10.3. The van der Waals surface area contributed by atoms with E-state index in [2.05, 4.69) is 9.97 Å². The maximum Gasteiger partial charge on any atom is 0.353 e. The van der Waals surface area contributed by atoms with Crippen LogP contribution in [0, 0.1) is 10.1 Å². The molecule has 27 heavy (non-hydrogen) atoms. The molecule has 0 bridgehead atoms. The molecule has 2 aliphatic rings. The molecule has 0 N–H and O–H groups in total. The zero-order valence-electron chi connectivity index (χ0n) is 15.4. The molecule has 1 aromatic heterocycles. The summed E-state index contributed by atoms with van der Waals surface area (Å²) >= 11 is 0. The van der Waals surface area contributed by atoms with Crippen LogP contribution in [0.15, 0.2) is 6.33 Å². The lowest BCUT2D eigenvalue weighted by Crippen LogP contribution is -2.48. The van der Waals surface area contributed by atoms with E-state index in [-0.39, 0.29) is 18.2 Å². The van der Waals surface area contributed by atoms with Crippen molar-refractivity contribution in [2.45, 2.75) is 6.92 Å². The second kappa shape index (κ2) is 8.91. The van der Waals surface area contributed by atoms with Crippen molar-refractivity contribution in [3.05, 3.63) is 16.4 Å². The van der Waals surface area contributed by atoms with Crippen LogP contribution in [0.2, 0.25) is 0 Å². The van der Waals surface area contributed by atoms with E-state index < -0.39 is 4.92 Å². The first-order valence-corrected chi connectivity index (χ1v) is 9.05. The topological polar surface area (TPSA) is 114 Å². The number of carbonyl (C=O) groups is 1. The molecule has 0 saturated carbocycles. The number of nitrogens with zero attached hydrogens (tertiary/aromatic N) is 6. The van der Waals surface area contributed by atoms with Crippen molar-refractivity contribution in [3.63, 3.8) is 0 Å². The minimum Gasteiger partial charge on any atom is -0.465 e. The molecule has 1 aromatic rings. The molecule has 0 unspecified atom stereocenters. The first-order valence-electron chi connectivity index (χ1n) is 9.05. The van der Waals surface area contributed by atoms with E-state index in [1.165, 1.54) is 6.33 Å². The molecule has 3 heterocycles. The van der Waals surface area contributed by atoms with Gasteiger partial charge in [0.1, 0.15) is 6.33 Å². The van der Waals surface area contributed by atoms with E-state index in [1.54, 1.807) is 6.92 Å². The molecule has 0 aromatic carbocycles. The van der Waals surface area contributed by atoms with Gasteiger partial charge in [-0.1, -0.05) is 0 Å². The molecular formula is C16H24N6O5. The van der Waals surface area contributed by atoms with Gasteiger partial charge in [-0.25, -0.2) is 9.97 Å². The lowest BCUT2D eigenvalue weighted by molar-refractivity contribution is -0.383. The maximum absolute atomic E-state index is 11.8. The number of morpholine rings is 1. The highest BCUT2D eigenvalue weighted by Gasteiger charge is 2.32. The van der Waals surface area contributed by atoms with Gasteiger partial charge in [0.05, 0.1) is 31.3 Å². The predicted molar refractivity (Wildman–Crippen MR) is 97.0 cm³/mol. The van der Waals surface area contributed by atoms with Crippen molar-refractivity contribution in [2.24, 2.45) is 0 Å². The number of piperazine rings is 1. The quantitative estimate of drug-likeness (QED) is 0.377. The molecule has 2 saturated heterocycles. The van der Waals surface area contributed by atoms with E-state index in [1.807, 2.05) is 14.7 Å². The van der Waals surface area contributed by atoms with Crippen LogP contribution >= 0.6 is 0 Å². The second-order valence-corrected chi connectivity index (χ2v) is 6.29. The molecule has 0 aliphatic carbocycles. The summed E-state index contributed by atoms with van der Waals surface area (Å²) in [6, 6.07) is 0. The van der Waals surface area contributed by atoms with E-state index in [0.717, 1.165) is 0 Å². The molecular weight excluding hydrogens is 356 g/mol. The summed E-state index contributed by atoms with van der Waals surface area (Å²) in [7, 11) is 0. The fourth-order valence-electron chi connectivity index (χ4n) is 3.27. The summed E-state index contributed by atoms with van der Waals surface area (Å²) in [5, 5.41) is 11.8. The van der Waals surface area contributed by atoms with E-state index in [9.17, 15) is 14.9 Å². The van der Waals surface area contributed by atoms with Crippen LogP contribution < -0.4 is 9.80 Å². The first-order chi connectivity index (χ1) is 13.1. The molecule has 0 amide bonds. The van der Waals surface area contributed by atoms with Gasteiger partial charge in [0, 0.05) is 39.3 Å². The third-order valence-electron chi connectivity index (χ3n) is 4.61. The van der Waals surface area contributed by atoms with Gasteiger partial charge in [-0.05, 0) is 6.92 Å². The molecule has 0 radical (unpaired) electrons. The monoisotopic (exact) mass is 380 g/mol. The van der Waals surface area contributed by atoms with Gasteiger partial charge < -0.3 is 19.3 Å². The number of ether oxygens (including phenoxy) is 2. The molecule has 11 heteroatoms. The highest BCUT2D eigenvalue weighted by Crippen LogP contribution is 2.34. The number of nitro groups is 1. The Hall–Kier alpha value is -2.53. The third kappa shape index (κ3) is 4.61. The summed E-state index contributed by atoms with van der Waals surface area (Å²) in [4.78, 5) is 37.1. The van der Waals surface area contributed by atoms with Crippen molar-refractivity contribution in [1.82, 2.24) is 14.9 Å². The van der Waals surface area contributed by atoms with E-state index >= 15 is 0 Å². The van der Waals surface area contributed by atoms with Crippen molar-refractivity contribution in [3.8, 4) is 0 Å².